The maximum absolute atomic E-state index is 10.0. The highest BCUT2D eigenvalue weighted by Gasteiger charge is 2.06. The van der Waals surface area contributed by atoms with Gasteiger partial charge in [0.05, 0.1) is 7.11 Å². The highest BCUT2D eigenvalue weighted by atomic mass is 16.5. The summed E-state index contributed by atoms with van der Waals surface area (Å²) in [5.41, 5.74) is 3.16. The standard InChI is InChI=1S/C16H19NO2/c1-12-3-7-14(8-4-12)16(18)17-11-13-5-9-15(19-2)10-6-13/h3-10,16-18H,11H2,1-2H3. The first kappa shape index (κ1) is 13.6. The molecule has 2 rings (SSSR count). The zero-order chi connectivity index (χ0) is 13.7. The predicted octanol–water partition coefficient (Wildman–Crippen LogP) is 2.78. The van der Waals surface area contributed by atoms with Crippen LogP contribution >= 0.6 is 0 Å². The summed E-state index contributed by atoms with van der Waals surface area (Å²) in [5.74, 6) is 0.836. The van der Waals surface area contributed by atoms with E-state index in [1.165, 1.54) is 5.56 Å². The van der Waals surface area contributed by atoms with Crippen molar-refractivity contribution >= 4 is 0 Å². The highest BCUT2D eigenvalue weighted by Crippen LogP contribution is 2.14. The summed E-state index contributed by atoms with van der Waals surface area (Å²) in [6.45, 7) is 2.64. The van der Waals surface area contributed by atoms with Crippen LogP contribution in [0.1, 0.15) is 22.9 Å². The topological polar surface area (TPSA) is 41.5 Å². The second-order valence-corrected chi connectivity index (χ2v) is 4.54. The first-order chi connectivity index (χ1) is 9.19. The number of hydrogen-bond acceptors (Lipinski definition) is 3. The minimum Gasteiger partial charge on any atom is -0.497 e. The minimum atomic E-state index is -0.650. The fourth-order valence-corrected chi connectivity index (χ4v) is 1.82. The molecule has 0 heterocycles. The van der Waals surface area contributed by atoms with Crippen molar-refractivity contribution in [2.24, 2.45) is 0 Å². The Morgan fingerprint density at radius 2 is 1.68 bits per heavy atom. The Bertz CT molecular complexity index is 505. The summed E-state index contributed by atoms with van der Waals surface area (Å²) in [6, 6.07) is 15.6. The molecule has 0 aliphatic heterocycles. The largest absolute Gasteiger partial charge is 0.497 e. The molecule has 1 unspecified atom stereocenters. The Morgan fingerprint density at radius 3 is 2.26 bits per heavy atom. The van der Waals surface area contributed by atoms with Gasteiger partial charge in [0.25, 0.3) is 0 Å². The van der Waals surface area contributed by atoms with Crippen molar-refractivity contribution in [3.05, 3.63) is 65.2 Å². The summed E-state index contributed by atoms with van der Waals surface area (Å²) >= 11 is 0. The van der Waals surface area contributed by atoms with E-state index in [-0.39, 0.29) is 0 Å². The lowest BCUT2D eigenvalue weighted by atomic mass is 10.1. The van der Waals surface area contributed by atoms with E-state index in [9.17, 15) is 5.11 Å². The lowest BCUT2D eigenvalue weighted by molar-refractivity contribution is 0.137. The lowest BCUT2D eigenvalue weighted by Crippen LogP contribution is -2.20. The average Bonchev–Trinajstić information content (AvgIpc) is 2.46. The van der Waals surface area contributed by atoms with Crippen molar-refractivity contribution in [1.82, 2.24) is 5.32 Å². The van der Waals surface area contributed by atoms with Gasteiger partial charge in [0.15, 0.2) is 0 Å². The summed E-state index contributed by atoms with van der Waals surface area (Å²) < 4.78 is 5.11. The normalized spacial score (nSPS) is 12.2. The van der Waals surface area contributed by atoms with E-state index in [0.717, 1.165) is 16.9 Å². The van der Waals surface area contributed by atoms with E-state index in [0.29, 0.717) is 6.54 Å². The number of benzene rings is 2. The van der Waals surface area contributed by atoms with Gasteiger partial charge in [0.1, 0.15) is 12.0 Å². The molecule has 100 valence electrons. The minimum absolute atomic E-state index is 0.610. The zero-order valence-electron chi connectivity index (χ0n) is 11.3. The maximum atomic E-state index is 10.0. The molecular weight excluding hydrogens is 238 g/mol. The van der Waals surface area contributed by atoms with Gasteiger partial charge >= 0.3 is 0 Å². The first-order valence-electron chi connectivity index (χ1n) is 6.30. The number of aliphatic hydroxyl groups is 1. The Morgan fingerprint density at radius 1 is 1.05 bits per heavy atom. The number of aliphatic hydroxyl groups excluding tert-OH is 1. The maximum Gasteiger partial charge on any atom is 0.131 e. The summed E-state index contributed by atoms with van der Waals surface area (Å²) in [4.78, 5) is 0. The van der Waals surface area contributed by atoms with Crippen LogP contribution in [-0.4, -0.2) is 12.2 Å². The van der Waals surface area contributed by atoms with Gasteiger partial charge in [-0.05, 0) is 30.2 Å². The molecule has 0 radical (unpaired) electrons. The number of aryl methyl sites for hydroxylation is 1. The van der Waals surface area contributed by atoms with Gasteiger partial charge in [-0.25, -0.2) is 0 Å². The number of ether oxygens (including phenoxy) is 1. The molecular formula is C16H19NO2. The summed E-state index contributed by atoms with van der Waals surface area (Å²) in [5, 5.41) is 13.1. The van der Waals surface area contributed by atoms with E-state index < -0.39 is 6.23 Å². The third-order valence-electron chi connectivity index (χ3n) is 3.05. The molecule has 0 bridgehead atoms. The molecule has 2 aromatic carbocycles. The molecule has 2 aromatic rings. The third-order valence-corrected chi connectivity index (χ3v) is 3.05. The van der Waals surface area contributed by atoms with Gasteiger partial charge in [-0.3, -0.25) is 5.32 Å². The monoisotopic (exact) mass is 257 g/mol. The molecule has 0 saturated carbocycles. The van der Waals surface area contributed by atoms with Gasteiger partial charge in [0.2, 0.25) is 0 Å². The van der Waals surface area contributed by atoms with Crippen LogP contribution in [0.2, 0.25) is 0 Å². The van der Waals surface area contributed by atoms with E-state index in [1.54, 1.807) is 7.11 Å². The van der Waals surface area contributed by atoms with Crippen molar-refractivity contribution in [1.29, 1.82) is 0 Å². The molecule has 3 heteroatoms. The summed E-state index contributed by atoms with van der Waals surface area (Å²) in [6.07, 6.45) is -0.650. The van der Waals surface area contributed by atoms with Crippen molar-refractivity contribution in [3.63, 3.8) is 0 Å². The second kappa shape index (κ2) is 6.36. The van der Waals surface area contributed by atoms with Crippen LogP contribution in [0.15, 0.2) is 48.5 Å². The number of methoxy groups -OCH3 is 1. The van der Waals surface area contributed by atoms with Crippen LogP contribution in [0.25, 0.3) is 0 Å². The summed E-state index contributed by atoms with van der Waals surface area (Å²) in [7, 11) is 1.65. The second-order valence-electron chi connectivity index (χ2n) is 4.54. The van der Waals surface area contributed by atoms with E-state index in [4.69, 9.17) is 4.74 Å². The third kappa shape index (κ3) is 3.81. The molecule has 0 aromatic heterocycles. The molecule has 0 amide bonds. The molecule has 19 heavy (non-hydrogen) atoms. The van der Waals surface area contributed by atoms with Gasteiger partial charge in [-0.2, -0.15) is 0 Å². The van der Waals surface area contributed by atoms with Crippen molar-refractivity contribution in [2.45, 2.75) is 19.7 Å². The Balaban J connectivity index is 1.92. The van der Waals surface area contributed by atoms with Crippen molar-refractivity contribution in [3.8, 4) is 5.75 Å². The van der Waals surface area contributed by atoms with Crippen LogP contribution in [0.4, 0.5) is 0 Å². The van der Waals surface area contributed by atoms with Crippen LogP contribution in [0, 0.1) is 6.92 Å². The Kier molecular flexibility index (Phi) is 4.55. The van der Waals surface area contributed by atoms with E-state index in [2.05, 4.69) is 5.32 Å². The van der Waals surface area contributed by atoms with Crippen LogP contribution in [0.5, 0.6) is 5.75 Å². The number of hydrogen-bond donors (Lipinski definition) is 2. The quantitative estimate of drug-likeness (QED) is 0.809. The van der Waals surface area contributed by atoms with Crippen LogP contribution in [0.3, 0.4) is 0 Å². The predicted molar refractivity (Wildman–Crippen MR) is 76.0 cm³/mol. The SMILES string of the molecule is COc1ccc(CNC(O)c2ccc(C)cc2)cc1. The average molecular weight is 257 g/mol. The Labute approximate surface area is 113 Å². The fraction of sp³-hybridized carbons (Fsp3) is 0.250. The molecule has 0 aliphatic carbocycles. The van der Waals surface area contributed by atoms with Gasteiger partial charge in [-0.1, -0.05) is 42.0 Å². The van der Waals surface area contributed by atoms with E-state index >= 15 is 0 Å². The molecule has 0 spiro atoms. The van der Waals surface area contributed by atoms with Crippen LogP contribution in [-0.2, 0) is 6.54 Å². The Hall–Kier alpha value is -1.84. The van der Waals surface area contributed by atoms with E-state index in [1.807, 2.05) is 55.5 Å². The molecule has 2 N–H and O–H groups in total. The van der Waals surface area contributed by atoms with Crippen LogP contribution < -0.4 is 10.1 Å². The molecule has 0 saturated heterocycles. The zero-order valence-corrected chi connectivity index (χ0v) is 11.3. The van der Waals surface area contributed by atoms with Gasteiger partial charge in [-0.15, -0.1) is 0 Å². The fourth-order valence-electron chi connectivity index (χ4n) is 1.82. The lowest BCUT2D eigenvalue weighted by Gasteiger charge is -2.13. The first-order valence-corrected chi connectivity index (χ1v) is 6.30. The van der Waals surface area contributed by atoms with Crippen molar-refractivity contribution < 1.29 is 9.84 Å². The van der Waals surface area contributed by atoms with Gasteiger partial charge < -0.3 is 9.84 Å². The van der Waals surface area contributed by atoms with Crippen molar-refractivity contribution in [2.75, 3.05) is 7.11 Å². The number of nitrogens with one attached hydrogen (secondary N) is 1. The molecule has 0 fully saturated rings. The molecule has 3 nitrogen and oxygen atoms in total. The van der Waals surface area contributed by atoms with Gasteiger partial charge in [0, 0.05) is 6.54 Å². The number of rotatable bonds is 5. The smallest absolute Gasteiger partial charge is 0.131 e. The molecule has 0 aliphatic rings. The molecule has 1 atom stereocenters. The highest BCUT2D eigenvalue weighted by molar-refractivity contribution is 5.27.